The van der Waals surface area contributed by atoms with Gasteiger partial charge < -0.3 is 20.1 Å². The van der Waals surface area contributed by atoms with Crippen LogP contribution >= 0.6 is 0 Å². The Bertz CT molecular complexity index is 1120. The van der Waals surface area contributed by atoms with Gasteiger partial charge >= 0.3 is 0 Å². The molecule has 3 unspecified atom stereocenters. The first kappa shape index (κ1) is 22.4. The van der Waals surface area contributed by atoms with Gasteiger partial charge in [-0.25, -0.2) is 0 Å². The van der Waals surface area contributed by atoms with Crippen molar-refractivity contribution in [2.45, 2.75) is 58.7 Å². The van der Waals surface area contributed by atoms with Crippen LogP contribution in [0.5, 0.6) is 5.75 Å². The van der Waals surface area contributed by atoms with E-state index >= 15 is 0 Å². The molecular formula is C25H28O7. The fraction of sp³-hybridized carbons (Fsp3) is 0.480. The highest BCUT2D eigenvalue weighted by Crippen LogP contribution is 2.52. The van der Waals surface area contributed by atoms with Crippen molar-refractivity contribution in [3.05, 3.63) is 50.8 Å². The summed E-state index contributed by atoms with van der Waals surface area (Å²) in [7, 11) is 1.49. The minimum atomic E-state index is -2.31. The highest BCUT2D eigenvalue weighted by Gasteiger charge is 2.58. The average molecular weight is 440 g/mol. The lowest BCUT2D eigenvalue weighted by Crippen LogP contribution is -2.56. The van der Waals surface area contributed by atoms with Crippen LogP contribution in [0.1, 0.15) is 60.7 Å². The number of hydrogen-bond donors (Lipinski definition) is 3. The lowest BCUT2D eigenvalue weighted by molar-refractivity contribution is -0.143. The predicted molar refractivity (Wildman–Crippen MR) is 115 cm³/mol. The summed E-state index contributed by atoms with van der Waals surface area (Å²) in [6.45, 7) is 5.02. The summed E-state index contributed by atoms with van der Waals surface area (Å²) in [6, 6.07) is 1.84. The van der Waals surface area contributed by atoms with Gasteiger partial charge in [-0.3, -0.25) is 14.4 Å². The van der Waals surface area contributed by atoms with Gasteiger partial charge in [0.25, 0.3) is 0 Å². The Morgan fingerprint density at radius 1 is 1.22 bits per heavy atom. The number of hydrogen-bond acceptors (Lipinski definition) is 7. The molecule has 7 heteroatoms. The molecule has 7 nitrogen and oxygen atoms in total. The Hall–Kier alpha value is -2.77. The number of carbonyl (C=O) groups excluding carboxylic acids is 3. The Morgan fingerprint density at radius 2 is 1.91 bits per heavy atom. The molecule has 32 heavy (non-hydrogen) atoms. The first-order valence-electron chi connectivity index (χ1n) is 10.9. The van der Waals surface area contributed by atoms with E-state index in [1.807, 2.05) is 13.0 Å². The number of methoxy groups -OCH3 is 1. The van der Waals surface area contributed by atoms with E-state index < -0.39 is 40.5 Å². The number of phenols is 1. The number of rotatable bonds is 4. The second-order valence-electron chi connectivity index (χ2n) is 9.12. The Morgan fingerprint density at radius 3 is 2.50 bits per heavy atom. The highest BCUT2D eigenvalue weighted by molar-refractivity contribution is 6.25. The third-order valence-corrected chi connectivity index (χ3v) is 7.27. The fourth-order valence-electron chi connectivity index (χ4n) is 5.81. The summed E-state index contributed by atoms with van der Waals surface area (Å²) in [5.74, 6) is -3.83. The van der Waals surface area contributed by atoms with Gasteiger partial charge in [-0.2, -0.15) is 0 Å². The molecule has 0 spiro atoms. The van der Waals surface area contributed by atoms with Gasteiger partial charge in [-0.15, -0.1) is 0 Å². The van der Waals surface area contributed by atoms with Crippen molar-refractivity contribution >= 4 is 17.3 Å². The molecule has 0 saturated heterocycles. The molecule has 4 rings (SSSR count). The van der Waals surface area contributed by atoms with E-state index in [4.69, 9.17) is 4.74 Å². The summed E-state index contributed by atoms with van der Waals surface area (Å²) in [5.41, 5.74) is 0.342. The normalized spacial score (nSPS) is 27.3. The number of carbonyl (C=O) groups is 3. The van der Waals surface area contributed by atoms with Crippen LogP contribution in [0, 0.1) is 11.8 Å². The Labute approximate surface area is 186 Å². The van der Waals surface area contributed by atoms with Crippen molar-refractivity contribution < 1.29 is 34.4 Å². The molecule has 170 valence electrons. The molecule has 0 heterocycles. The molecule has 0 aliphatic heterocycles. The van der Waals surface area contributed by atoms with E-state index in [1.165, 1.54) is 14.0 Å². The number of ether oxygens (including phenoxy) is 1. The zero-order chi connectivity index (χ0) is 23.5. The van der Waals surface area contributed by atoms with E-state index in [9.17, 15) is 29.7 Å². The summed E-state index contributed by atoms with van der Waals surface area (Å²) in [4.78, 5) is 38.8. The molecule has 3 aliphatic carbocycles. The molecule has 1 aromatic rings. The molecule has 3 atom stereocenters. The van der Waals surface area contributed by atoms with Crippen molar-refractivity contribution in [3.8, 4) is 5.75 Å². The Balaban J connectivity index is 1.92. The minimum Gasteiger partial charge on any atom is -0.508 e. The summed E-state index contributed by atoms with van der Waals surface area (Å²) >= 11 is 0. The third-order valence-electron chi connectivity index (χ3n) is 7.27. The van der Waals surface area contributed by atoms with Crippen LogP contribution in [0.2, 0.25) is 0 Å². The number of fused-ring (bicyclic) bond motifs is 3. The van der Waals surface area contributed by atoms with Crippen LogP contribution in [-0.4, -0.2) is 45.4 Å². The van der Waals surface area contributed by atoms with Crippen LogP contribution in [0.3, 0.4) is 0 Å². The number of aliphatic hydroxyl groups excluding tert-OH is 1. The number of aromatic hydroxyl groups is 1. The van der Waals surface area contributed by atoms with E-state index in [2.05, 4.69) is 0 Å². The third kappa shape index (κ3) is 2.91. The fourth-order valence-corrected chi connectivity index (χ4v) is 5.81. The smallest absolute Gasteiger partial charge is 0.205 e. The summed E-state index contributed by atoms with van der Waals surface area (Å²) in [5, 5.41) is 33.4. The predicted octanol–water partition coefficient (Wildman–Crippen LogP) is 2.90. The molecule has 1 aromatic carbocycles. The van der Waals surface area contributed by atoms with Crippen molar-refractivity contribution in [1.29, 1.82) is 0 Å². The SMILES string of the molecule is CCc1cc(COC)c(O)c2c1CC1CC3CC(C)=C(C(C)=O)C(=O)C3(O)C(O)=C1C2=O. The van der Waals surface area contributed by atoms with E-state index in [-0.39, 0.29) is 35.5 Å². The molecule has 3 aliphatic rings. The lowest BCUT2D eigenvalue weighted by atomic mass is 9.59. The largest absolute Gasteiger partial charge is 0.508 e. The van der Waals surface area contributed by atoms with Crippen LogP contribution < -0.4 is 0 Å². The quantitative estimate of drug-likeness (QED) is 0.616. The molecule has 0 bridgehead atoms. The average Bonchev–Trinajstić information content (AvgIpc) is 2.72. The van der Waals surface area contributed by atoms with Crippen molar-refractivity contribution in [2.75, 3.05) is 7.11 Å². The van der Waals surface area contributed by atoms with E-state index in [0.717, 1.165) is 11.1 Å². The highest BCUT2D eigenvalue weighted by atomic mass is 16.5. The van der Waals surface area contributed by atoms with Crippen molar-refractivity contribution in [3.63, 3.8) is 0 Å². The molecule has 0 fully saturated rings. The molecule has 0 aromatic heterocycles. The Kier molecular flexibility index (Phi) is 5.38. The monoisotopic (exact) mass is 440 g/mol. The van der Waals surface area contributed by atoms with Crippen molar-refractivity contribution in [2.24, 2.45) is 11.8 Å². The van der Waals surface area contributed by atoms with Gasteiger partial charge in [0, 0.05) is 24.2 Å². The second-order valence-corrected chi connectivity index (χ2v) is 9.12. The van der Waals surface area contributed by atoms with E-state index in [0.29, 0.717) is 30.4 Å². The number of Topliss-reactive ketones (excluding diaryl/α,β-unsaturated/α-hetero) is 3. The zero-order valence-electron chi connectivity index (χ0n) is 18.7. The number of aliphatic hydroxyl groups is 2. The number of ketones is 3. The molecular weight excluding hydrogens is 412 g/mol. The summed E-state index contributed by atoms with van der Waals surface area (Å²) in [6.07, 6.45) is 1.66. The van der Waals surface area contributed by atoms with Gasteiger partial charge in [0.1, 0.15) is 11.5 Å². The maximum absolute atomic E-state index is 13.6. The number of aryl methyl sites for hydroxylation is 1. The van der Waals surface area contributed by atoms with Gasteiger partial charge in [-0.05, 0) is 62.6 Å². The van der Waals surface area contributed by atoms with Crippen LogP contribution in [0.15, 0.2) is 28.5 Å². The number of allylic oxidation sites excluding steroid dienone is 2. The first-order chi connectivity index (χ1) is 15.1. The number of phenolic OH excluding ortho intramolecular Hbond substituents is 1. The summed E-state index contributed by atoms with van der Waals surface area (Å²) < 4.78 is 5.15. The van der Waals surface area contributed by atoms with Gasteiger partial charge in [0.15, 0.2) is 17.2 Å². The van der Waals surface area contributed by atoms with Gasteiger partial charge in [0.2, 0.25) is 5.78 Å². The molecule has 0 amide bonds. The van der Waals surface area contributed by atoms with Crippen LogP contribution in [-0.2, 0) is 33.8 Å². The maximum atomic E-state index is 13.6. The lowest BCUT2D eigenvalue weighted by Gasteiger charge is -2.46. The molecule has 0 saturated carbocycles. The second kappa shape index (κ2) is 7.67. The number of benzene rings is 1. The molecule has 3 N–H and O–H groups in total. The first-order valence-corrected chi connectivity index (χ1v) is 10.9. The van der Waals surface area contributed by atoms with Crippen LogP contribution in [0.25, 0.3) is 0 Å². The topological polar surface area (TPSA) is 121 Å². The maximum Gasteiger partial charge on any atom is 0.205 e. The van der Waals surface area contributed by atoms with E-state index in [1.54, 1.807) is 6.92 Å². The standard InChI is InChI=1S/C25H28O7/c1-5-13-7-15(10-32-4)21(27)20-17(13)9-14-8-16-6-11(2)18(12(3)26)23(29)25(16,31)24(30)19(14)22(20)28/h7,14,16,27,30-31H,5-6,8-10H2,1-4H3. The van der Waals surface area contributed by atoms with Gasteiger partial charge in [0.05, 0.1) is 17.7 Å². The minimum absolute atomic E-state index is 0.0426. The zero-order valence-corrected chi connectivity index (χ0v) is 18.7. The molecule has 0 radical (unpaired) electrons. The van der Waals surface area contributed by atoms with Gasteiger partial charge in [-0.1, -0.05) is 12.5 Å². The van der Waals surface area contributed by atoms with Crippen molar-refractivity contribution in [1.82, 2.24) is 0 Å². The van der Waals surface area contributed by atoms with Crippen LogP contribution in [0.4, 0.5) is 0 Å².